The Hall–Kier alpha value is -3.50. The highest BCUT2D eigenvalue weighted by atomic mass is 32.2. The summed E-state index contributed by atoms with van der Waals surface area (Å²) in [7, 11) is 2.86. The number of hydrogen-bond acceptors (Lipinski definition) is 8. The lowest BCUT2D eigenvalue weighted by Crippen LogP contribution is -2.22. The summed E-state index contributed by atoms with van der Waals surface area (Å²) >= 11 is 2.85. The van der Waals surface area contributed by atoms with Crippen molar-refractivity contribution in [1.29, 1.82) is 0 Å². The summed E-state index contributed by atoms with van der Waals surface area (Å²) in [6, 6.07) is 13.5. The summed E-state index contributed by atoms with van der Waals surface area (Å²) in [5.74, 6) is -1.09. The van der Waals surface area contributed by atoms with Crippen LogP contribution in [0, 0.1) is 0 Å². The molecule has 0 bridgehead atoms. The molecule has 0 atom stereocenters. The van der Waals surface area contributed by atoms with Crippen molar-refractivity contribution in [2.45, 2.75) is 4.90 Å². The number of methoxy groups -OCH3 is 2. The second-order valence-corrected chi connectivity index (χ2v) is 8.36. The number of amides is 2. The Balaban J connectivity index is 1.74. The van der Waals surface area contributed by atoms with E-state index in [2.05, 4.69) is 10.6 Å². The molecule has 3 aromatic rings. The lowest BCUT2D eigenvalue weighted by Gasteiger charge is -2.15. The minimum Gasteiger partial charge on any atom is -0.493 e. The molecule has 0 aliphatic rings. The Morgan fingerprint density at radius 2 is 1.67 bits per heavy atom. The maximum atomic E-state index is 12.8. The van der Waals surface area contributed by atoms with E-state index in [0.29, 0.717) is 16.3 Å². The van der Waals surface area contributed by atoms with Crippen molar-refractivity contribution in [2.24, 2.45) is 0 Å². The van der Waals surface area contributed by atoms with Crippen molar-refractivity contribution in [3.05, 3.63) is 64.4 Å². The van der Waals surface area contributed by atoms with Crippen LogP contribution in [0.4, 0.5) is 11.4 Å². The Bertz CT molecular complexity index is 1130. The molecule has 0 aliphatic carbocycles. The number of anilines is 2. The molecule has 0 spiro atoms. The number of hydrogen-bond donors (Lipinski definition) is 2. The number of carbonyl (C=O) groups excluding carboxylic acids is 3. The zero-order valence-corrected chi connectivity index (χ0v) is 19.8. The molecule has 0 unspecified atom stereocenters. The van der Waals surface area contributed by atoms with E-state index in [1.807, 2.05) is 18.4 Å². The summed E-state index contributed by atoms with van der Waals surface area (Å²) in [5, 5.41) is 7.13. The molecule has 0 aliphatic heterocycles. The van der Waals surface area contributed by atoms with Crippen molar-refractivity contribution in [2.75, 3.05) is 37.7 Å². The van der Waals surface area contributed by atoms with Gasteiger partial charge in [-0.25, -0.2) is 4.79 Å². The molecule has 3 rings (SSSR count). The van der Waals surface area contributed by atoms with E-state index in [1.165, 1.54) is 37.7 Å². The molecule has 33 heavy (non-hydrogen) atoms. The van der Waals surface area contributed by atoms with Gasteiger partial charge in [0.25, 0.3) is 11.8 Å². The van der Waals surface area contributed by atoms with Gasteiger partial charge in [0.1, 0.15) is 0 Å². The van der Waals surface area contributed by atoms with E-state index >= 15 is 0 Å². The third-order valence-electron chi connectivity index (χ3n) is 4.44. The van der Waals surface area contributed by atoms with Crippen LogP contribution in [-0.4, -0.2) is 44.9 Å². The van der Waals surface area contributed by atoms with Gasteiger partial charge in [-0.2, -0.15) is 0 Å². The summed E-state index contributed by atoms with van der Waals surface area (Å²) in [4.78, 5) is 39.1. The van der Waals surface area contributed by atoms with Crippen molar-refractivity contribution >= 4 is 52.3 Å². The minimum absolute atomic E-state index is 0.0229. The Morgan fingerprint density at radius 1 is 0.970 bits per heavy atom. The molecule has 0 radical (unpaired) electrons. The predicted molar refractivity (Wildman–Crippen MR) is 129 cm³/mol. The maximum Gasteiger partial charge on any atom is 0.340 e. The largest absolute Gasteiger partial charge is 0.493 e. The molecule has 1 heterocycles. The zero-order valence-electron chi connectivity index (χ0n) is 18.2. The van der Waals surface area contributed by atoms with Gasteiger partial charge in [0, 0.05) is 22.7 Å². The fraction of sp³-hybridized carbons (Fsp3) is 0.174. The van der Waals surface area contributed by atoms with Gasteiger partial charge in [0.15, 0.2) is 18.1 Å². The van der Waals surface area contributed by atoms with Gasteiger partial charge in [0.2, 0.25) is 0 Å². The number of esters is 1. The third-order valence-corrected chi connectivity index (χ3v) is 6.06. The van der Waals surface area contributed by atoms with Crippen LogP contribution in [0.25, 0.3) is 0 Å². The first-order valence-electron chi connectivity index (χ1n) is 9.67. The molecule has 1 aromatic heterocycles. The minimum atomic E-state index is -0.801. The van der Waals surface area contributed by atoms with Gasteiger partial charge in [-0.1, -0.05) is 6.07 Å². The molecular weight excluding hydrogens is 464 g/mol. The molecule has 2 amide bonds. The van der Waals surface area contributed by atoms with Gasteiger partial charge in [0.05, 0.1) is 30.3 Å². The Labute approximate surface area is 199 Å². The average molecular weight is 487 g/mol. The molecule has 172 valence electrons. The molecule has 2 aromatic carbocycles. The highest BCUT2D eigenvalue weighted by Gasteiger charge is 2.21. The average Bonchev–Trinajstić information content (AvgIpc) is 3.38. The monoisotopic (exact) mass is 486 g/mol. The van der Waals surface area contributed by atoms with Gasteiger partial charge in [-0.3, -0.25) is 9.59 Å². The quantitative estimate of drug-likeness (QED) is 0.338. The zero-order chi connectivity index (χ0) is 23.8. The van der Waals surface area contributed by atoms with E-state index in [1.54, 1.807) is 41.4 Å². The van der Waals surface area contributed by atoms with E-state index < -0.39 is 24.4 Å². The molecule has 10 heteroatoms. The fourth-order valence-corrected chi connectivity index (χ4v) is 3.85. The number of thioether (sulfide) groups is 1. The smallest absolute Gasteiger partial charge is 0.340 e. The summed E-state index contributed by atoms with van der Waals surface area (Å²) in [6.07, 6.45) is 1.96. The number of carbonyl (C=O) groups is 3. The summed E-state index contributed by atoms with van der Waals surface area (Å²) in [6.45, 7) is -0.504. The number of benzene rings is 2. The van der Waals surface area contributed by atoms with Crippen LogP contribution in [0.15, 0.2) is 58.8 Å². The standard InChI is InChI=1S/C23H22N2O6S2/c1-29-18-11-16(17(12-19(18)30-2)25-22(27)20-5-4-10-33-20)23(28)31-13-21(26)24-14-6-8-15(32-3)9-7-14/h4-12H,13H2,1-3H3,(H,24,26)(H,25,27). The molecule has 8 nitrogen and oxygen atoms in total. The molecular formula is C23H22N2O6S2. The van der Waals surface area contributed by atoms with E-state index in [-0.39, 0.29) is 17.0 Å². The lowest BCUT2D eigenvalue weighted by molar-refractivity contribution is -0.119. The normalized spacial score (nSPS) is 10.3. The molecule has 0 saturated heterocycles. The van der Waals surface area contributed by atoms with E-state index in [4.69, 9.17) is 14.2 Å². The van der Waals surface area contributed by atoms with Crippen LogP contribution < -0.4 is 20.1 Å². The fourth-order valence-electron chi connectivity index (χ4n) is 2.82. The molecule has 0 fully saturated rings. The topological polar surface area (TPSA) is 103 Å². The number of thiophene rings is 1. The predicted octanol–water partition coefficient (Wildman–Crippen LogP) is 4.54. The van der Waals surface area contributed by atoms with Crippen LogP contribution in [0.1, 0.15) is 20.0 Å². The maximum absolute atomic E-state index is 12.8. The van der Waals surface area contributed by atoms with Crippen molar-refractivity contribution < 1.29 is 28.6 Å². The van der Waals surface area contributed by atoms with Crippen molar-refractivity contribution in [3.8, 4) is 11.5 Å². The van der Waals surface area contributed by atoms with Gasteiger partial charge in [-0.05, 0) is 42.0 Å². The van der Waals surface area contributed by atoms with Gasteiger partial charge >= 0.3 is 5.97 Å². The molecule has 0 saturated carbocycles. The third kappa shape index (κ3) is 6.27. The second kappa shape index (κ2) is 11.4. The van der Waals surface area contributed by atoms with Gasteiger partial charge < -0.3 is 24.8 Å². The van der Waals surface area contributed by atoms with Crippen LogP contribution in [0.5, 0.6) is 11.5 Å². The number of ether oxygens (including phenoxy) is 3. The molecule has 2 N–H and O–H groups in total. The second-order valence-electron chi connectivity index (χ2n) is 6.54. The summed E-state index contributed by atoms with van der Waals surface area (Å²) in [5.41, 5.74) is 0.780. The van der Waals surface area contributed by atoms with E-state index in [9.17, 15) is 14.4 Å². The van der Waals surface area contributed by atoms with Crippen LogP contribution >= 0.6 is 23.1 Å². The van der Waals surface area contributed by atoms with Crippen molar-refractivity contribution in [3.63, 3.8) is 0 Å². The highest BCUT2D eigenvalue weighted by Crippen LogP contribution is 2.34. The first-order valence-corrected chi connectivity index (χ1v) is 11.8. The van der Waals surface area contributed by atoms with Gasteiger partial charge in [-0.15, -0.1) is 23.1 Å². The SMILES string of the molecule is COc1cc(NC(=O)c2cccs2)c(C(=O)OCC(=O)Nc2ccc(SC)cc2)cc1OC. The Morgan fingerprint density at radius 3 is 2.27 bits per heavy atom. The first-order chi connectivity index (χ1) is 15.9. The van der Waals surface area contributed by atoms with Crippen LogP contribution in [0.2, 0.25) is 0 Å². The van der Waals surface area contributed by atoms with Crippen LogP contribution in [-0.2, 0) is 9.53 Å². The first kappa shape index (κ1) is 24.1. The number of nitrogens with one attached hydrogen (secondary N) is 2. The van der Waals surface area contributed by atoms with E-state index in [0.717, 1.165) is 4.90 Å². The highest BCUT2D eigenvalue weighted by molar-refractivity contribution is 7.98. The lowest BCUT2D eigenvalue weighted by atomic mass is 10.1. The van der Waals surface area contributed by atoms with Crippen molar-refractivity contribution in [1.82, 2.24) is 0 Å². The summed E-state index contributed by atoms with van der Waals surface area (Å²) < 4.78 is 15.7. The Kier molecular flexibility index (Phi) is 8.34. The van der Waals surface area contributed by atoms with Crippen LogP contribution in [0.3, 0.4) is 0 Å². The number of rotatable bonds is 9.